The van der Waals surface area contributed by atoms with Crippen LogP contribution < -0.4 is 0 Å². The second-order valence-electron chi connectivity index (χ2n) is 9.61. The zero-order valence-corrected chi connectivity index (χ0v) is 20.5. The van der Waals surface area contributed by atoms with Gasteiger partial charge in [0.15, 0.2) is 18.9 Å². The minimum atomic E-state index is -1.74. The van der Waals surface area contributed by atoms with Crippen LogP contribution in [-0.2, 0) is 28.4 Å². The molecule has 3 heterocycles. The van der Waals surface area contributed by atoms with E-state index in [0.29, 0.717) is 6.42 Å². The Hall–Kier alpha value is -0.560. The molecule has 14 atom stereocenters. The highest BCUT2D eigenvalue weighted by Gasteiger charge is 2.52. The molecule has 0 bridgehead atoms. The fourth-order valence-electron chi connectivity index (χ4n) is 4.61. The highest BCUT2D eigenvalue weighted by molar-refractivity contribution is 4.95. The van der Waals surface area contributed by atoms with Crippen LogP contribution in [0.5, 0.6) is 0 Å². The van der Waals surface area contributed by atoms with E-state index in [1.54, 1.807) is 20.8 Å². The van der Waals surface area contributed by atoms with Crippen molar-refractivity contribution < 1.29 is 69.3 Å². The molecule has 3 aliphatic heterocycles. The number of rotatable bonds is 9. The van der Waals surface area contributed by atoms with Crippen LogP contribution in [0.1, 0.15) is 33.6 Å². The van der Waals surface area contributed by atoms with E-state index in [2.05, 4.69) is 0 Å². The molecule has 212 valence electrons. The highest BCUT2D eigenvalue weighted by atomic mass is 16.8. The van der Waals surface area contributed by atoms with Gasteiger partial charge in [-0.25, -0.2) is 0 Å². The third kappa shape index (κ3) is 6.52. The third-order valence-electron chi connectivity index (χ3n) is 6.59. The monoisotopic (exact) mass is 528 g/mol. The lowest BCUT2D eigenvalue weighted by Crippen LogP contribution is -2.65. The molecule has 14 unspecified atom stereocenters. The maximum absolute atomic E-state index is 10.8. The minimum Gasteiger partial charge on any atom is -0.394 e. The van der Waals surface area contributed by atoms with Crippen molar-refractivity contribution in [1.29, 1.82) is 0 Å². The van der Waals surface area contributed by atoms with Crippen molar-refractivity contribution in [2.75, 3.05) is 13.2 Å². The van der Waals surface area contributed by atoms with Gasteiger partial charge in [-0.15, -0.1) is 0 Å². The van der Waals surface area contributed by atoms with E-state index in [-0.39, 0.29) is 12.5 Å². The average molecular weight is 529 g/mol. The fourth-order valence-corrected chi connectivity index (χ4v) is 4.61. The molecule has 3 aliphatic rings. The molecule has 8 N–H and O–H groups in total. The third-order valence-corrected chi connectivity index (χ3v) is 6.59. The topological polar surface area (TPSA) is 217 Å². The first-order valence-corrected chi connectivity index (χ1v) is 12.2. The Morgan fingerprint density at radius 1 is 0.694 bits per heavy atom. The van der Waals surface area contributed by atoms with Gasteiger partial charge in [-0.05, 0) is 20.3 Å². The van der Waals surface area contributed by atoms with Gasteiger partial charge in [-0.1, -0.05) is 6.92 Å². The zero-order chi connectivity index (χ0) is 26.7. The van der Waals surface area contributed by atoms with Crippen LogP contribution in [0, 0.1) is 0 Å². The van der Waals surface area contributed by atoms with E-state index < -0.39 is 99.2 Å². The number of aliphatic hydroxyl groups excluding tert-OH is 8. The first-order valence-electron chi connectivity index (χ1n) is 12.2. The number of hydrogen-bond donors (Lipinski definition) is 8. The Morgan fingerprint density at radius 3 is 1.75 bits per heavy atom. The Balaban J connectivity index is 1.68. The van der Waals surface area contributed by atoms with Crippen molar-refractivity contribution in [3.8, 4) is 0 Å². The Bertz CT molecular complexity index is 665. The van der Waals surface area contributed by atoms with Gasteiger partial charge < -0.3 is 69.3 Å². The van der Waals surface area contributed by atoms with Crippen LogP contribution in [0.25, 0.3) is 0 Å². The van der Waals surface area contributed by atoms with Crippen LogP contribution in [-0.4, -0.2) is 146 Å². The van der Waals surface area contributed by atoms with Gasteiger partial charge in [0.2, 0.25) is 0 Å². The highest BCUT2D eigenvalue weighted by Crippen LogP contribution is 2.32. The van der Waals surface area contributed by atoms with E-state index in [0.717, 1.165) is 0 Å². The van der Waals surface area contributed by atoms with Crippen molar-refractivity contribution >= 4 is 0 Å². The summed E-state index contributed by atoms with van der Waals surface area (Å²) in [6, 6.07) is 0. The maximum atomic E-state index is 10.8. The van der Waals surface area contributed by atoms with Crippen molar-refractivity contribution in [2.24, 2.45) is 0 Å². The Morgan fingerprint density at radius 2 is 1.22 bits per heavy atom. The largest absolute Gasteiger partial charge is 0.394 e. The lowest BCUT2D eigenvalue weighted by Gasteiger charge is -2.47. The first-order chi connectivity index (χ1) is 17.0. The van der Waals surface area contributed by atoms with Gasteiger partial charge in [0, 0.05) is 6.42 Å². The SMILES string of the molecule is CCC1OC(OC2C(CO)OC(OC3C(CO)OC(OC(C)C)C(O)C3O)C(O)C2O)CC(O)C1O. The van der Waals surface area contributed by atoms with E-state index >= 15 is 0 Å². The number of aliphatic hydroxyl groups is 8. The van der Waals surface area contributed by atoms with Crippen molar-refractivity contribution in [3.05, 3.63) is 0 Å². The van der Waals surface area contributed by atoms with Gasteiger partial charge in [-0.3, -0.25) is 0 Å². The molecular formula is C22H40O14. The van der Waals surface area contributed by atoms with Gasteiger partial charge >= 0.3 is 0 Å². The summed E-state index contributed by atoms with van der Waals surface area (Å²) in [7, 11) is 0. The molecular weight excluding hydrogens is 488 g/mol. The summed E-state index contributed by atoms with van der Waals surface area (Å²) in [4.78, 5) is 0. The average Bonchev–Trinajstić information content (AvgIpc) is 2.84. The molecule has 14 heteroatoms. The standard InChI is InChI=1S/C22H40O14/c1-4-10-14(26)9(25)5-13(32-10)35-19-11(6-23)34-22(18(30)15(19)27)36-20-12(7-24)33-21(31-8(2)3)17(29)16(20)28/h8-30H,4-7H2,1-3H3. The summed E-state index contributed by atoms with van der Waals surface area (Å²) in [5.74, 6) is 0. The van der Waals surface area contributed by atoms with Crippen LogP contribution >= 0.6 is 0 Å². The van der Waals surface area contributed by atoms with Crippen LogP contribution in [0.2, 0.25) is 0 Å². The summed E-state index contributed by atoms with van der Waals surface area (Å²) < 4.78 is 33.5. The lowest BCUT2D eigenvalue weighted by molar-refractivity contribution is -0.373. The number of hydrogen-bond acceptors (Lipinski definition) is 14. The second kappa shape index (κ2) is 13.0. The Kier molecular flexibility index (Phi) is 10.8. The molecule has 3 saturated heterocycles. The predicted molar refractivity (Wildman–Crippen MR) is 117 cm³/mol. The smallest absolute Gasteiger partial charge is 0.187 e. The molecule has 3 rings (SSSR count). The molecule has 14 nitrogen and oxygen atoms in total. The van der Waals surface area contributed by atoms with E-state index in [9.17, 15) is 40.9 Å². The second-order valence-corrected chi connectivity index (χ2v) is 9.61. The fraction of sp³-hybridized carbons (Fsp3) is 1.00. The summed E-state index contributed by atoms with van der Waals surface area (Å²) in [5, 5.41) is 82.2. The maximum Gasteiger partial charge on any atom is 0.187 e. The summed E-state index contributed by atoms with van der Waals surface area (Å²) in [5.41, 5.74) is 0. The number of ether oxygens (including phenoxy) is 6. The summed E-state index contributed by atoms with van der Waals surface area (Å²) in [6.45, 7) is 3.86. The first kappa shape index (κ1) is 30.0. The minimum absolute atomic E-state index is 0.115. The van der Waals surface area contributed by atoms with E-state index in [1.165, 1.54) is 0 Å². The van der Waals surface area contributed by atoms with Crippen LogP contribution in [0.3, 0.4) is 0 Å². The van der Waals surface area contributed by atoms with Crippen LogP contribution in [0.15, 0.2) is 0 Å². The lowest BCUT2D eigenvalue weighted by atomic mass is 9.96. The molecule has 0 spiro atoms. The molecule has 0 aromatic carbocycles. The molecule has 0 saturated carbocycles. The summed E-state index contributed by atoms with van der Waals surface area (Å²) in [6.07, 6.45) is -18.6. The molecule has 36 heavy (non-hydrogen) atoms. The summed E-state index contributed by atoms with van der Waals surface area (Å²) >= 11 is 0. The van der Waals surface area contributed by atoms with Gasteiger partial charge in [0.05, 0.1) is 31.5 Å². The van der Waals surface area contributed by atoms with E-state index in [1.807, 2.05) is 0 Å². The molecule has 0 aromatic rings. The quantitative estimate of drug-likeness (QED) is 0.145. The molecule has 0 aliphatic carbocycles. The van der Waals surface area contributed by atoms with Crippen molar-refractivity contribution in [3.63, 3.8) is 0 Å². The van der Waals surface area contributed by atoms with Gasteiger partial charge in [-0.2, -0.15) is 0 Å². The molecule has 3 fully saturated rings. The van der Waals surface area contributed by atoms with Crippen LogP contribution in [0.4, 0.5) is 0 Å². The normalized spacial score (nSPS) is 48.3. The predicted octanol–water partition coefficient (Wildman–Crippen LogP) is -3.69. The molecule has 0 radical (unpaired) electrons. The molecule has 0 amide bonds. The van der Waals surface area contributed by atoms with Crippen molar-refractivity contribution in [2.45, 2.75) is 126 Å². The molecule has 0 aromatic heterocycles. The van der Waals surface area contributed by atoms with Gasteiger partial charge in [0.25, 0.3) is 0 Å². The Labute approximate surface area is 208 Å². The van der Waals surface area contributed by atoms with Crippen molar-refractivity contribution in [1.82, 2.24) is 0 Å². The van der Waals surface area contributed by atoms with E-state index in [4.69, 9.17) is 28.4 Å². The zero-order valence-electron chi connectivity index (χ0n) is 20.5. The van der Waals surface area contributed by atoms with Gasteiger partial charge in [0.1, 0.15) is 54.9 Å².